The number of ether oxygens (including phenoxy) is 1. The summed E-state index contributed by atoms with van der Waals surface area (Å²) in [6, 6.07) is 11.1. The SMILES string of the molecule is CC(=O)N(C(C)=O)C1(C(=O)OC(CN)c2ccc3c(c2)CCC3)CCc2ccc(NC=O)cc21. The first-order valence-electron chi connectivity index (χ1n) is 11.5. The van der Waals surface area contributed by atoms with Crippen LogP contribution in [0.25, 0.3) is 0 Å². The van der Waals surface area contributed by atoms with Crippen molar-refractivity contribution < 1.29 is 23.9 Å². The molecule has 2 unspecified atom stereocenters. The van der Waals surface area contributed by atoms with E-state index in [9.17, 15) is 19.2 Å². The molecule has 0 saturated heterocycles. The van der Waals surface area contributed by atoms with Gasteiger partial charge in [0.15, 0.2) is 5.54 Å². The van der Waals surface area contributed by atoms with E-state index >= 15 is 0 Å². The van der Waals surface area contributed by atoms with Gasteiger partial charge in [0.05, 0.1) is 0 Å². The summed E-state index contributed by atoms with van der Waals surface area (Å²) >= 11 is 0. The number of rotatable bonds is 7. The van der Waals surface area contributed by atoms with E-state index in [1.54, 1.807) is 18.2 Å². The first kappa shape index (κ1) is 23.6. The van der Waals surface area contributed by atoms with Crippen LogP contribution in [-0.2, 0) is 48.7 Å². The molecular weight excluding hydrogens is 434 g/mol. The average molecular weight is 464 g/mol. The summed E-state index contributed by atoms with van der Waals surface area (Å²) in [4.78, 5) is 51.2. The number of nitrogens with zero attached hydrogens (tertiary/aromatic N) is 1. The number of aryl methyl sites for hydroxylation is 3. The monoisotopic (exact) mass is 463 g/mol. The zero-order chi connectivity index (χ0) is 24.5. The second kappa shape index (κ2) is 9.38. The summed E-state index contributed by atoms with van der Waals surface area (Å²) in [6.45, 7) is 2.56. The van der Waals surface area contributed by atoms with Gasteiger partial charge in [0, 0.05) is 26.1 Å². The summed E-state index contributed by atoms with van der Waals surface area (Å²) in [7, 11) is 0. The van der Waals surface area contributed by atoms with Gasteiger partial charge < -0.3 is 15.8 Å². The Morgan fingerprint density at radius 1 is 1.06 bits per heavy atom. The lowest BCUT2D eigenvalue weighted by Gasteiger charge is -2.38. The molecule has 2 aliphatic carbocycles. The molecule has 0 aromatic heterocycles. The molecule has 8 heteroatoms. The summed E-state index contributed by atoms with van der Waals surface area (Å²) < 4.78 is 5.97. The summed E-state index contributed by atoms with van der Waals surface area (Å²) in [6.07, 6.45) is 3.56. The van der Waals surface area contributed by atoms with Gasteiger partial charge in [-0.1, -0.05) is 24.3 Å². The Morgan fingerprint density at radius 2 is 1.76 bits per heavy atom. The van der Waals surface area contributed by atoms with Gasteiger partial charge in [-0.15, -0.1) is 0 Å². The highest BCUT2D eigenvalue weighted by atomic mass is 16.5. The normalized spacial score (nSPS) is 19.0. The molecule has 0 saturated carbocycles. The minimum Gasteiger partial charge on any atom is -0.454 e. The Morgan fingerprint density at radius 3 is 2.44 bits per heavy atom. The van der Waals surface area contributed by atoms with Crippen LogP contribution in [0, 0.1) is 0 Å². The van der Waals surface area contributed by atoms with Gasteiger partial charge >= 0.3 is 5.97 Å². The first-order valence-corrected chi connectivity index (χ1v) is 11.5. The molecule has 3 N–H and O–H groups in total. The van der Waals surface area contributed by atoms with Gasteiger partial charge in [0.2, 0.25) is 18.2 Å². The quantitative estimate of drug-likeness (QED) is 0.481. The number of amides is 3. The third-order valence-corrected chi connectivity index (χ3v) is 6.84. The number of imide groups is 1. The van der Waals surface area contributed by atoms with Gasteiger partial charge in [-0.3, -0.25) is 19.3 Å². The van der Waals surface area contributed by atoms with Crippen molar-refractivity contribution in [2.45, 2.75) is 57.6 Å². The first-order chi connectivity index (χ1) is 16.3. The fraction of sp³-hybridized carbons (Fsp3) is 0.385. The van der Waals surface area contributed by atoms with E-state index in [2.05, 4.69) is 5.32 Å². The zero-order valence-electron chi connectivity index (χ0n) is 19.4. The fourth-order valence-corrected chi connectivity index (χ4v) is 5.35. The van der Waals surface area contributed by atoms with Crippen molar-refractivity contribution in [3.8, 4) is 0 Å². The highest BCUT2D eigenvalue weighted by Gasteiger charge is 2.54. The molecule has 0 heterocycles. The molecule has 0 radical (unpaired) electrons. The van der Waals surface area contributed by atoms with Crippen molar-refractivity contribution in [3.63, 3.8) is 0 Å². The number of nitrogens with two attached hydrogens (primary N) is 1. The largest absolute Gasteiger partial charge is 0.454 e. The third-order valence-electron chi connectivity index (χ3n) is 6.84. The van der Waals surface area contributed by atoms with Crippen LogP contribution in [0.3, 0.4) is 0 Å². The molecule has 2 aliphatic rings. The second-order valence-electron chi connectivity index (χ2n) is 8.88. The summed E-state index contributed by atoms with van der Waals surface area (Å²) in [5.74, 6) is -1.84. The average Bonchev–Trinajstić information content (AvgIpc) is 3.42. The van der Waals surface area contributed by atoms with Crippen molar-refractivity contribution in [2.75, 3.05) is 11.9 Å². The number of hydrogen-bond donors (Lipinski definition) is 2. The molecule has 34 heavy (non-hydrogen) atoms. The Kier molecular flexibility index (Phi) is 6.52. The number of fused-ring (bicyclic) bond motifs is 2. The van der Waals surface area contributed by atoms with Crippen LogP contribution in [0.15, 0.2) is 36.4 Å². The predicted octanol–water partition coefficient (Wildman–Crippen LogP) is 2.52. The van der Waals surface area contributed by atoms with E-state index in [-0.39, 0.29) is 13.0 Å². The van der Waals surface area contributed by atoms with E-state index in [1.165, 1.54) is 25.0 Å². The molecular formula is C26H29N3O5. The molecule has 2 aromatic carbocycles. The number of anilines is 1. The number of esters is 1. The third kappa shape index (κ3) is 3.98. The van der Waals surface area contributed by atoms with Crippen molar-refractivity contribution >= 4 is 29.9 Å². The Labute approximate surface area is 198 Å². The van der Waals surface area contributed by atoms with E-state index in [0.717, 1.165) is 35.3 Å². The number of carbonyl (C=O) groups excluding carboxylic acids is 4. The van der Waals surface area contributed by atoms with Crippen molar-refractivity contribution in [2.24, 2.45) is 5.73 Å². The minimum absolute atomic E-state index is 0.0559. The van der Waals surface area contributed by atoms with Gasteiger partial charge in [-0.05, 0) is 72.1 Å². The molecule has 3 amide bonds. The molecule has 0 spiro atoms. The summed E-state index contributed by atoms with van der Waals surface area (Å²) in [5.41, 5.74) is 9.42. The molecule has 178 valence electrons. The Balaban J connectivity index is 1.77. The van der Waals surface area contributed by atoms with Crippen LogP contribution < -0.4 is 11.1 Å². The maximum absolute atomic E-state index is 13.9. The van der Waals surface area contributed by atoms with E-state index < -0.39 is 29.4 Å². The minimum atomic E-state index is -1.64. The highest BCUT2D eigenvalue weighted by Crippen LogP contribution is 2.45. The van der Waals surface area contributed by atoms with Gasteiger partial charge in [-0.2, -0.15) is 0 Å². The predicted molar refractivity (Wildman–Crippen MR) is 126 cm³/mol. The van der Waals surface area contributed by atoms with Crippen LogP contribution in [0.4, 0.5) is 5.69 Å². The fourth-order valence-electron chi connectivity index (χ4n) is 5.35. The van der Waals surface area contributed by atoms with Crippen LogP contribution >= 0.6 is 0 Å². The van der Waals surface area contributed by atoms with Gasteiger partial charge in [0.25, 0.3) is 0 Å². The lowest BCUT2D eigenvalue weighted by molar-refractivity contribution is -0.174. The number of carbonyl (C=O) groups is 4. The number of nitrogens with one attached hydrogen (secondary N) is 1. The molecule has 2 aromatic rings. The number of hydrogen-bond acceptors (Lipinski definition) is 6. The molecule has 2 atom stereocenters. The number of benzene rings is 2. The maximum atomic E-state index is 13.9. The smallest absolute Gasteiger partial charge is 0.337 e. The van der Waals surface area contributed by atoms with Crippen molar-refractivity contribution in [3.05, 3.63) is 64.2 Å². The molecule has 0 aliphatic heterocycles. The van der Waals surface area contributed by atoms with E-state index in [4.69, 9.17) is 10.5 Å². The lowest BCUT2D eigenvalue weighted by atomic mass is 9.88. The topological polar surface area (TPSA) is 119 Å². The van der Waals surface area contributed by atoms with Crippen LogP contribution in [0.5, 0.6) is 0 Å². The van der Waals surface area contributed by atoms with Gasteiger partial charge in [0.1, 0.15) is 6.10 Å². The standard InChI is InChI=1S/C26H29N3O5/c1-16(31)29(17(2)32)26(11-10-19-8-9-22(28-15-30)13-23(19)26)25(33)34-24(14-27)21-7-6-18-4-3-5-20(18)12-21/h6-9,12-13,15,24H,3-5,10-11,14,27H2,1-2H3,(H,28,30). The van der Waals surface area contributed by atoms with Crippen LogP contribution in [0.1, 0.15) is 60.6 Å². The van der Waals surface area contributed by atoms with Crippen LogP contribution in [-0.4, -0.2) is 35.6 Å². The lowest BCUT2D eigenvalue weighted by Crippen LogP contribution is -2.55. The molecule has 4 rings (SSSR count). The molecule has 0 bridgehead atoms. The van der Waals surface area contributed by atoms with Crippen molar-refractivity contribution in [1.29, 1.82) is 0 Å². The second-order valence-corrected chi connectivity index (χ2v) is 8.88. The van der Waals surface area contributed by atoms with E-state index in [0.29, 0.717) is 24.1 Å². The van der Waals surface area contributed by atoms with E-state index in [1.807, 2.05) is 18.2 Å². The molecule has 0 fully saturated rings. The summed E-state index contributed by atoms with van der Waals surface area (Å²) in [5, 5.41) is 2.57. The Hall–Kier alpha value is -3.52. The zero-order valence-corrected chi connectivity index (χ0v) is 19.4. The highest BCUT2D eigenvalue weighted by molar-refractivity contribution is 6.01. The molecule has 8 nitrogen and oxygen atoms in total. The maximum Gasteiger partial charge on any atom is 0.337 e. The van der Waals surface area contributed by atoms with Gasteiger partial charge in [-0.25, -0.2) is 4.79 Å². The Bertz CT molecular complexity index is 1150. The van der Waals surface area contributed by atoms with Crippen molar-refractivity contribution in [1.82, 2.24) is 4.90 Å². The van der Waals surface area contributed by atoms with Crippen LogP contribution in [0.2, 0.25) is 0 Å².